The number of ether oxygens (including phenoxy) is 3. The zero-order chi connectivity index (χ0) is 43.3. The summed E-state index contributed by atoms with van der Waals surface area (Å²) in [5, 5.41) is 32.5. The Balaban J connectivity index is 1.03. The predicted octanol–water partition coefficient (Wildman–Crippen LogP) is 12.2. The summed E-state index contributed by atoms with van der Waals surface area (Å²) in [7, 11) is 0. The Kier molecular flexibility index (Phi) is 19.8. The Morgan fingerprint density at radius 1 is 0.833 bits per heavy atom. The summed E-state index contributed by atoms with van der Waals surface area (Å²) in [4.78, 5) is 12.6. The van der Waals surface area contributed by atoms with Crippen LogP contribution in [0.25, 0.3) is 0 Å². The van der Waals surface area contributed by atoms with Crippen LogP contribution in [0.15, 0.2) is 36.0 Å². The van der Waals surface area contributed by atoms with E-state index in [0.29, 0.717) is 17.8 Å². The first kappa shape index (κ1) is 49.5. The Bertz CT molecular complexity index is 1370. The van der Waals surface area contributed by atoms with E-state index in [2.05, 4.69) is 78.8 Å². The van der Waals surface area contributed by atoms with Crippen molar-refractivity contribution in [3.05, 3.63) is 36.0 Å². The molecule has 14 unspecified atom stereocenters. The van der Waals surface area contributed by atoms with E-state index in [-0.39, 0.29) is 24.1 Å². The number of unbranched alkanes of at least 4 members (excludes halogenated alkanes) is 8. The van der Waals surface area contributed by atoms with Crippen LogP contribution >= 0.6 is 0 Å². The standard InChI is InChI=1S/C53H90O7/c1-8-10-11-12-13-14-15-16-17-18-19-20-21-22-23-24-47(54)58-36-46-48(55)49(56)50(57)51(60-46)59-41-31-33-52(6)40(35-41)27-28-42-44-30-29-43(53(44,7)34-32-45(42)52)38(5)25-26-39(9-2)37(3)4/h14-15,17-18,27,37-39,41-46,48-51,55-57H,8-13,16,19-26,28-36H2,1-7H3. The van der Waals surface area contributed by atoms with Crippen molar-refractivity contribution in [1.29, 1.82) is 0 Å². The Morgan fingerprint density at radius 2 is 1.55 bits per heavy atom. The van der Waals surface area contributed by atoms with E-state index >= 15 is 0 Å². The number of rotatable bonds is 24. The fourth-order valence-corrected chi connectivity index (χ4v) is 13.1. The first-order chi connectivity index (χ1) is 28.8. The molecule has 4 aliphatic carbocycles. The van der Waals surface area contributed by atoms with Gasteiger partial charge >= 0.3 is 5.97 Å². The molecule has 0 aromatic heterocycles. The van der Waals surface area contributed by atoms with Crippen molar-refractivity contribution in [2.75, 3.05) is 6.61 Å². The summed E-state index contributed by atoms with van der Waals surface area (Å²) in [6.07, 6.45) is 31.2. The highest BCUT2D eigenvalue weighted by molar-refractivity contribution is 5.69. The number of fused-ring (bicyclic) bond motifs is 5. The summed E-state index contributed by atoms with van der Waals surface area (Å²) < 4.78 is 18.0. The number of hydrogen-bond donors (Lipinski definition) is 3. The molecule has 0 aromatic rings. The van der Waals surface area contributed by atoms with Crippen LogP contribution in [0.5, 0.6) is 0 Å². The van der Waals surface area contributed by atoms with Gasteiger partial charge in [-0.2, -0.15) is 0 Å². The maximum absolute atomic E-state index is 12.6. The van der Waals surface area contributed by atoms with Crippen molar-refractivity contribution < 1.29 is 34.3 Å². The SMILES string of the molecule is CCCCCCC=CCC=CCCCCCCC(=O)OCC1OC(OC2CCC3(C)C(=CCC4C3CCC3(C)C(C(C)CCC(CC)C(C)C)CCC43)C2)C(O)C(O)C1O. The molecule has 1 heterocycles. The molecule has 14 atom stereocenters. The summed E-state index contributed by atoms with van der Waals surface area (Å²) in [5.41, 5.74) is 2.11. The fraction of sp³-hybridized carbons (Fsp3) is 0.868. The molecule has 3 N–H and O–H groups in total. The molecule has 7 heteroatoms. The largest absolute Gasteiger partial charge is 0.463 e. The van der Waals surface area contributed by atoms with E-state index in [4.69, 9.17) is 14.2 Å². The molecule has 3 saturated carbocycles. The summed E-state index contributed by atoms with van der Waals surface area (Å²) in [6, 6.07) is 0. The quantitative estimate of drug-likeness (QED) is 0.0505. The minimum absolute atomic E-state index is 0.146. The van der Waals surface area contributed by atoms with Crippen molar-refractivity contribution in [1.82, 2.24) is 0 Å². The second kappa shape index (κ2) is 24.0. The van der Waals surface area contributed by atoms with Gasteiger partial charge in [-0.3, -0.25) is 4.79 Å². The third kappa shape index (κ3) is 12.6. The molecule has 5 aliphatic rings. The molecule has 60 heavy (non-hydrogen) atoms. The lowest BCUT2D eigenvalue weighted by Crippen LogP contribution is -2.60. The number of esters is 1. The van der Waals surface area contributed by atoms with Gasteiger partial charge in [-0.15, -0.1) is 0 Å². The lowest BCUT2D eigenvalue weighted by Gasteiger charge is -2.58. The van der Waals surface area contributed by atoms with Gasteiger partial charge in [0, 0.05) is 6.42 Å². The van der Waals surface area contributed by atoms with Gasteiger partial charge < -0.3 is 29.5 Å². The van der Waals surface area contributed by atoms with E-state index in [1.807, 2.05) is 0 Å². The second-order valence-corrected chi connectivity index (χ2v) is 21.1. The molecular formula is C53H90O7. The molecule has 0 amide bonds. The van der Waals surface area contributed by atoms with Crippen LogP contribution in [0, 0.1) is 52.3 Å². The van der Waals surface area contributed by atoms with Gasteiger partial charge in [0.1, 0.15) is 31.0 Å². The van der Waals surface area contributed by atoms with E-state index in [9.17, 15) is 20.1 Å². The van der Waals surface area contributed by atoms with Gasteiger partial charge in [0.2, 0.25) is 0 Å². The molecule has 4 fully saturated rings. The maximum atomic E-state index is 12.6. The number of hydrogen-bond acceptors (Lipinski definition) is 7. The zero-order valence-electron chi connectivity index (χ0n) is 39.3. The van der Waals surface area contributed by atoms with Crippen molar-refractivity contribution >= 4 is 5.97 Å². The minimum Gasteiger partial charge on any atom is -0.463 e. The average molecular weight is 839 g/mol. The van der Waals surface area contributed by atoms with Gasteiger partial charge in [0.05, 0.1) is 6.10 Å². The highest BCUT2D eigenvalue weighted by Gasteiger charge is 2.59. The highest BCUT2D eigenvalue weighted by Crippen LogP contribution is 2.67. The van der Waals surface area contributed by atoms with Gasteiger partial charge in [-0.05, 0) is 149 Å². The van der Waals surface area contributed by atoms with Crippen LogP contribution in [-0.4, -0.2) is 64.7 Å². The molecule has 7 nitrogen and oxygen atoms in total. The molecule has 5 rings (SSSR count). The third-order valence-corrected chi connectivity index (χ3v) is 17.0. The summed E-state index contributed by atoms with van der Waals surface area (Å²) >= 11 is 0. The van der Waals surface area contributed by atoms with E-state index < -0.39 is 30.7 Å². The number of aliphatic hydroxyl groups excluding tert-OH is 3. The molecular weight excluding hydrogens is 749 g/mol. The number of aliphatic hydroxyl groups is 3. The number of carbonyl (C=O) groups excluding carboxylic acids is 1. The van der Waals surface area contributed by atoms with Gasteiger partial charge in [0.15, 0.2) is 6.29 Å². The Labute approximate surface area is 367 Å². The van der Waals surface area contributed by atoms with E-state index in [0.717, 1.165) is 99.7 Å². The van der Waals surface area contributed by atoms with Gasteiger partial charge in [0.25, 0.3) is 0 Å². The number of carbonyl (C=O) groups is 1. The van der Waals surface area contributed by atoms with Crippen LogP contribution in [-0.2, 0) is 19.0 Å². The monoisotopic (exact) mass is 839 g/mol. The molecule has 1 aliphatic heterocycles. The lowest BCUT2D eigenvalue weighted by molar-refractivity contribution is -0.313. The highest BCUT2D eigenvalue weighted by atomic mass is 16.7. The van der Waals surface area contributed by atoms with Crippen LogP contribution in [0.4, 0.5) is 0 Å². The topological polar surface area (TPSA) is 105 Å². The smallest absolute Gasteiger partial charge is 0.305 e. The van der Waals surface area contributed by atoms with Gasteiger partial charge in [-0.25, -0.2) is 0 Å². The van der Waals surface area contributed by atoms with Crippen molar-refractivity contribution in [3.63, 3.8) is 0 Å². The Hall–Kier alpha value is -1.51. The van der Waals surface area contributed by atoms with Crippen LogP contribution < -0.4 is 0 Å². The van der Waals surface area contributed by atoms with Crippen LogP contribution in [0.1, 0.15) is 196 Å². The summed E-state index contributed by atoms with van der Waals surface area (Å²) in [5.74, 6) is 5.19. The first-order valence-corrected chi connectivity index (χ1v) is 25.3. The molecule has 0 spiro atoms. The van der Waals surface area contributed by atoms with E-state index in [1.54, 1.807) is 0 Å². The zero-order valence-corrected chi connectivity index (χ0v) is 39.3. The lowest BCUT2D eigenvalue weighted by atomic mass is 9.47. The maximum Gasteiger partial charge on any atom is 0.305 e. The van der Waals surface area contributed by atoms with E-state index in [1.165, 1.54) is 82.6 Å². The van der Waals surface area contributed by atoms with Gasteiger partial charge in [-0.1, -0.05) is 129 Å². The van der Waals surface area contributed by atoms with Crippen LogP contribution in [0.3, 0.4) is 0 Å². The molecule has 0 aromatic carbocycles. The predicted molar refractivity (Wildman–Crippen MR) is 244 cm³/mol. The van der Waals surface area contributed by atoms with Crippen LogP contribution in [0.2, 0.25) is 0 Å². The normalized spacial score (nSPS) is 36.5. The van der Waals surface area contributed by atoms with Crippen molar-refractivity contribution in [3.8, 4) is 0 Å². The van der Waals surface area contributed by atoms with Crippen molar-refractivity contribution in [2.45, 2.75) is 233 Å². The third-order valence-electron chi connectivity index (χ3n) is 17.0. The molecule has 1 saturated heterocycles. The average Bonchev–Trinajstić information content (AvgIpc) is 3.59. The molecule has 344 valence electrons. The summed E-state index contributed by atoms with van der Waals surface area (Å²) in [6.45, 7) is 17.0. The second-order valence-electron chi connectivity index (χ2n) is 21.1. The first-order valence-electron chi connectivity index (χ1n) is 25.3. The Morgan fingerprint density at radius 3 is 2.25 bits per heavy atom. The number of allylic oxidation sites excluding steroid dienone is 5. The minimum atomic E-state index is -1.45. The van der Waals surface area contributed by atoms with Crippen molar-refractivity contribution in [2.24, 2.45) is 52.3 Å². The fourth-order valence-electron chi connectivity index (χ4n) is 13.1. The molecule has 0 bridgehead atoms. The molecule has 0 radical (unpaired) electrons.